The Morgan fingerprint density at radius 3 is 2.56 bits per heavy atom. The topological polar surface area (TPSA) is 53.2 Å². The maximum Gasteiger partial charge on any atom is 0.254 e. The highest BCUT2D eigenvalue weighted by Crippen LogP contribution is 2.23. The standard InChI is InChI=1S/C12H16N2O2/c1-8-6-14(7-9(8)2)12(16)10-3-4-13-11(15)5-10/h3-5,8-9H,6-7H2,1-2H3,(H,13,15). The number of nitrogens with zero attached hydrogens (tertiary/aromatic N) is 1. The van der Waals surface area contributed by atoms with E-state index in [2.05, 4.69) is 18.8 Å². The molecule has 0 radical (unpaired) electrons. The predicted molar refractivity (Wildman–Crippen MR) is 61.3 cm³/mol. The van der Waals surface area contributed by atoms with E-state index in [4.69, 9.17) is 0 Å². The lowest BCUT2D eigenvalue weighted by atomic mass is 10.0. The molecule has 16 heavy (non-hydrogen) atoms. The van der Waals surface area contributed by atoms with E-state index in [0.29, 0.717) is 17.4 Å². The SMILES string of the molecule is CC1CN(C(=O)c2cc[nH]c(=O)c2)CC1C. The van der Waals surface area contributed by atoms with E-state index in [1.807, 2.05) is 4.90 Å². The molecule has 1 aliphatic rings. The fourth-order valence-electron chi connectivity index (χ4n) is 2.06. The maximum absolute atomic E-state index is 12.1. The van der Waals surface area contributed by atoms with E-state index in [9.17, 15) is 9.59 Å². The number of H-pyrrole nitrogens is 1. The van der Waals surface area contributed by atoms with Crippen LogP contribution in [0.3, 0.4) is 0 Å². The van der Waals surface area contributed by atoms with Gasteiger partial charge >= 0.3 is 0 Å². The van der Waals surface area contributed by atoms with Gasteiger partial charge in [0.05, 0.1) is 0 Å². The largest absolute Gasteiger partial charge is 0.338 e. The van der Waals surface area contributed by atoms with Crippen LogP contribution in [-0.4, -0.2) is 28.9 Å². The Balaban J connectivity index is 2.18. The quantitative estimate of drug-likeness (QED) is 0.770. The van der Waals surface area contributed by atoms with Crippen molar-refractivity contribution in [3.05, 3.63) is 34.2 Å². The van der Waals surface area contributed by atoms with E-state index in [1.54, 1.807) is 6.07 Å². The number of amides is 1. The van der Waals surface area contributed by atoms with E-state index in [0.717, 1.165) is 13.1 Å². The summed E-state index contributed by atoms with van der Waals surface area (Å²) in [5.74, 6) is 1.03. The molecule has 1 aromatic rings. The van der Waals surface area contributed by atoms with Crippen LogP contribution >= 0.6 is 0 Å². The molecular formula is C12H16N2O2. The van der Waals surface area contributed by atoms with Crippen LogP contribution in [0.25, 0.3) is 0 Å². The minimum absolute atomic E-state index is 0.0395. The van der Waals surface area contributed by atoms with Crippen molar-refractivity contribution in [1.82, 2.24) is 9.88 Å². The van der Waals surface area contributed by atoms with Crippen molar-refractivity contribution >= 4 is 5.91 Å². The minimum atomic E-state index is -0.230. The number of aromatic nitrogens is 1. The molecule has 4 nitrogen and oxygen atoms in total. The molecule has 2 rings (SSSR count). The second-order valence-electron chi connectivity index (χ2n) is 4.61. The molecule has 1 aliphatic heterocycles. The molecular weight excluding hydrogens is 204 g/mol. The van der Waals surface area contributed by atoms with Gasteiger partial charge < -0.3 is 9.88 Å². The fraction of sp³-hybridized carbons (Fsp3) is 0.500. The van der Waals surface area contributed by atoms with Crippen molar-refractivity contribution in [3.8, 4) is 0 Å². The summed E-state index contributed by atoms with van der Waals surface area (Å²) in [5, 5.41) is 0. The van der Waals surface area contributed by atoms with Crippen LogP contribution in [0, 0.1) is 11.8 Å². The van der Waals surface area contributed by atoms with Crippen LogP contribution in [-0.2, 0) is 0 Å². The average molecular weight is 220 g/mol. The van der Waals surface area contributed by atoms with Gasteiger partial charge in [0.15, 0.2) is 0 Å². The van der Waals surface area contributed by atoms with Crippen molar-refractivity contribution in [2.24, 2.45) is 11.8 Å². The zero-order valence-corrected chi connectivity index (χ0v) is 9.56. The van der Waals surface area contributed by atoms with Gasteiger partial charge in [-0.1, -0.05) is 13.8 Å². The third-order valence-corrected chi connectivity index (χ3v) is 3.30. The Morgan fingerprint density at radius 1 is 1.38 bits per heavy atom. The van der Waals surface area contributed by atoms with Crippen LogP contribution in [0.1, 0.15) is 24.2 Å². The smallest absolute Gasteiger partial charge is 0.254 e. The first-order valence-corrected chi connectivity index (χ1v) is 5.56. The molecule has 1 aromatic heterocycles. The van der Waals surface area contributed by atoms with Gasteiger partial charge in [0.25, 0.3) is 5.91 Å². The number of hydrogen-bond acceptors (Lipinski definition) is 2. The molecule has 86 valence electrons. The van der Waals surface area contributed by atoms with Gasteiger partial charge in [-0.05, 0) is 17.9 Å². The highest BCUT2D eigenvalue weighted by Gasteiger charge is 2.29. The summed E-state index contributed by atoms with van der Waals surface area (Å²) in [6, 6.07) is 3.01. The van der Waals surface area contributed by atoms with Gasteiger partial charge in [0.2, 0.25) is 5.56 Å². The van der Waals surface area contributed by atoms with Crippen LogP contribution in [0.5, 0.6) is 0 Å². The van der Waals surface area contributed by atoms with Gasteiger partial charge in [0, 0.05) is 30.9 Å². The number of carbonyl (C=O) groups is 1. The van der Waals surface area contributed by atoms with Crippen LogP contribution in [0.2, 0.25) is 0 Å². The van der Waals surface area contributed by atoms with Crippen LogP contribution in [0.4, 0.5) is 0 Å². The summed E-state index contributed by atoms with van der Waals surface area (Å²) in [6.07, 6.45) is 1.51. The summed E-state index contributed by atoms with van der Waals surface area (Å²) in [6.45, 7) is 5.87. The molecule has 1 saturated heterocycles. The molecule has 1 fully saturated rings. The normalized spacial score (nSPS) is 24.8. The Hall–Kier alpha value is -1.58. The molecule has 1 N–H and O–H groups in total. The molecule has 2 unspecified atom stereocenters. The van der Waals surface area contributed by atoms with Crippen molar-refractivity contribution in [2.45, 2.75) is 13.8 Å². The van der Waals surface area contributed by atoms with E-state index < -0.39 is 0 Å². The van der Waals surface area contributed by atoms with Crippen molar-refractivity contribution in [2.75, 3.05) is 13.1 Å². The zero-order valence-electron chi connectivity index (χ0n) is 9.56. The number of likely N-dealkylation sites (tertiary alicyclic amines) is 1. The molecule has 0 aromatic carbocycles. The van der Waals surface area contributed by atoms with Crippen molar-refractivity contribution in [1.29, 1.82) is 0 Å². The number of nitrogens with one attached hydrogen (secondary N) is 1. The Bertz CT molecular complexity index is 442. The van der Waals surface area contributed by atoms with E-state index >= 15 is 0 Å². The minimum Gasteiger partial charge on any atom is -0.338 e. The average Bonchev–Trinajstić information content (AvgIpc) is 2.58. The fourth-order valence-corrected chi connectivity index (χ4v) is 2.06. The summed E-state index contributed by atoms with van der Waals surface area (Å²) >= 11 is 0. The molecule has 0 saturated carbocycles. The lowest BCUT2D eigenvalue weighted by molar-refractivity contribution is 0.0784. The van der Waals surface area contributed by atoms with Crippen molar-refractivity contribution < 1.29 is 4.79 Å². The number of carbonyl (C=O) groups excluding carboxylic acids is 1. The molecule has 2 heterocycles. The van der Waals surface area contributed by atoms with Crippen LogP contribution < -0.4 is 5.56 Å². The molecule has 0 bridgehead atoms. The third-order valence-electron chi connectivity index (χ3n) is 3.30. The highest BCUT2D eigenvalue weighted by molar-refractivity contribution is 5.94. The first-order chi connectivity index (χ1) is 7.58. The predicted octanol–water partition coefficient (Wildman–Crippen LogP) is 1.10. The lowest BCUT2D eigenvalue weighted by Crippen LogP contribution is -2.29. The van der Waals surface area contributed by atoms with Gasteiger partial charge in [-0.25, -0.2) is 0 Å². The summed E-state index contributed by atoms with van der Waals surface area (Å²) < 4.78 is 0. The Kier molecular flexibility index (Phi) is 2.81. The van der Waals surface area contributed by atoms with Crippen molar-refractivity contribution in [3.63, 3.8) is 0 Å². The van der Waals surface area contributed by atoms with E-state index in [1.165, 1.54) is 12.3 Å². The van der Waals surface area contributed by atoms with E-state index in [-0.39, 0.29) is 11.5 Å². The van der Waals surface area contributed by atoms with Gasteiger partial charge in [0.1, 0.15) is 0 Å². The molecule has 1 amide bonds. The zero-order chi connectivity index (χ0) is 11.7. The van der Waals surface area contributed by atoms with Gasteiger partial charge in [-0.15, -0.1) is 0 Å². The molecule has 0 spiro atoms. The van der Waals surface area contributed by atoms with Gasteiger partial charge in [-0.3, -0.25) is 9.59 Å². The number of aromatic amines is 1. The third kappa shape index (κ3) is 2.01. The molecule has 2 atom stereocenters. The molecule has 4 heteroatoms. The summed E-state index contributed by atoms with van der Waals surface area (Å²) in [5.41, 5.74) is 0.246. The summed E-state index contributed by atoms with van der Waals surface area (Å²) in [7, 11) is 0. The van der Waals surface area contributed by atoms with Gasteiger partial charge in [-0.2, -0.15) is 0 Å². The second-order valence-corrected chi connectivity index (χ2v) is 4.61. The number of hydrogen-bond donors (Lipinski definition) is 1. The highest BCUT2D eigenvalue weighted by atomic mass is 16.2. The number of pyridine rings is 1. The first kappa shape index (κ1) is 10.9. The Labute approximate surface area is 94.3 Å². The Morgan fingerprint density at radius 2 is 2.00 bits per heavy atom. The lowest BCUT2D eigenvalue weighted by Gasteiger charge is -2.15. The second kappa shape index (κ2) is 4.12. The summed E-state index contributed by atoms with van der Waals surface area (Å²) in [4.78, 5) is 27.5. The van der Waals surface area contributed by atoms with Crippen LogP contribution in [0.15, 0.2) is 23.1 Å². The first-order valence-electron chi connectivity index (χ1n) is 5.56. The molecule has 0 aliphatic carbocycles. The number of rotatable bonds is 1. The maximum atomic E-state index is 12.1. The monoisotopic (exact) mass is 220 g/mol.